The molecule has 0 N–H and O–H groups in total. The third-order valence-electron chi connectivity index (χ3n) is 6.74. The summed E-state index contributed by atoms with van der Waals surface area (Å²) in [5.41, 5.74) is 2.85. The van der Waals surface area contributed by atoms with Gasteiger partial charge in [0, 0.05) is 46.9 Å². The first-order chi connectivity index (χ1) is 21.2. The lowest BCUT2D eigenvalue weighted by molar-refractivity contribution is 0.00552. The molecule has 1 aliphatic heterocycles. The summed E-state index contributed by atoms with van der Waals surface area (Å²) in [5.74, 6) is 1.58. The van der Waals surface area contributed by atoms with Crippen molar-refractivity contribution in [2.24, 2.45) is 0 Å². The van der Waals surface area contributed by atoms with Crippen LogP contribution in [0.5, 0.6) is 11.5 Å². The fourth-order valence-electron chi connectivity index (χ4n) is 4.51. The molecule has 11 nitrogen and oxygen atoms in total. The molecular formula is C32H45N3O8. The van der Waals surface area contributed by atoms with Crippen molar-refractivity contribution in [1.29, 1.82) is 0 Å². The number of anilines is 1. The number of nitrogens with zero attached hydrogens (tertiary/aromatic N) is 3. The molecule has 0 bridgehead atoms. The van der Waals surface area contributed by atoms with Crippen molar-refractivity contribution in [1.82, 2.24) is 9.88 Å². The van der Waals surface area contributed by atoms with Gasteiger partial charge in [-0.2, -0.15) is 4.98 Å². The van der Waals surface area contributed by atoms with E-state index in [1.807, 2.05) is 36.4 Å². The van der Waals surface area contributed by atoms with E-state index in [4.69, 9.17) is 42.6 Å². The molecule has 0 saturated carbocycles. The van der Waals surface area contributed by atoms with Crippen LogP contribution in [0, 0.1) is 0 Å². The highest BCUT2D eigenvalue weighted by Crippen LogP contribution is 2.24. The van der Waals surface area contributed by atoms with E-state index in [0.717, 1.165) is 61.2 Å². The number of hydrogen-bond donors (Lipinski definition) is 0. The maximum absolute atomic E-state index is 5.95. The van der Waals surface area contributed by atoms with Gasteiger partial charge in [0.25, 0.3) is 6.01 Å². The van der Waals surface area contributed by atoms with E-state index in [0.29, 0.717) is 72.0 Å². The molecule has 1 aliphatic rings. The molecule has 4 rings (SSSR count). The Hall–Kier alpha value is -3.19. The largest absolute Gasteiger partial charge is 0.491 e. The standard InChI is InChI=1S/C32H45N3O8/c1-36-15-19-41-30-7-3-5-27(21-30)23-35(24-28-6-4-8-31(22-28)42-20-16-37-2)32-33-29(26-43-32)25-40-18-17-39-14-11-34-9-12-38-13-10-34/h3-8,21-22,26H,9-20,23-25H2,1-2H3. The summed E-state index contributed by atoms with van der Waals surface area (Å²) in [6.45, 7) is 9.65. The Morgan fingerprint density at radius 2 is 1.40 bits per heavy atom. The first kappa shape index (κ1) is 32.7. The normalized spacial score (nSPS) is 13.7. The van der Waals surface area contributed by atoms with Crippen LogP contribution < -0.4 is 14.4 Å². The number of methoxy groups -OCH3 is 2. The van der Waals surface area contributed by atoms with E-state index in [-0.39, 0.29) is 0 Å². The average molecular weight is 600 g/mol. The van der Waals surface area contributed by atoms with E-state index in [9.17, 15) is 0 Å². The van der Waals surface area contributed by atoms with Crippen molar-refractivity contribution in [2.75, 3.05) is 98.2 Å². The van der Waals surface area contributed by atoms with Gasteiger partial charge in [-0.3, -0.25) is 4.90 Å². The van der Waals surface area contributed by atoms with Crippen LogP contribution >= 0.6 is 0 Å². The number of benzene rings is 2. The zero-order valence-corrected chi connectivity index (χ0v) is 25.4. The molecule has 43 heavy (non-hydrogen) atoms. The van der Waals surface area contributed by atoms with Crippen molar-refractivity contribution >= 4 is 6.01 Å². The van der Waals surface area contributed by atoms with Crippen LogP contribution in [0.15, 0.2) is 59.2 Å². The zero-order valence-electron chi connectivity index (χ0n) is 25.4. The molecule has 1 saturated heterocycles. The Kier molecular flexibility index (Phi) is 14.6. The summed E-state index contributed by atoms with van der Waals surface area (Å²) in [7, 11) is 3.32. The van der Waals surface area contributed by atoms with Crippen LogP contribution in [-0.4, -0.2) is 103 Å². The molecule has 236 valence electrons. The van der Waals surface area contributed by atoms with Crippen molar-refractivity contribution in [2.45, 2.75) is 19.7 Å². The van der Waals surface area contributed by atoms with Crippen LogP contribution in [0.1, 0.15) is 16.8 Å². The summed E-state index contributed by atoms with van der Waals surface area (Å²) >= 11 is 0. The van der Waals surface area contributed by atoms with Crippen LogP contribution in [0.4, 0.5) is 6.01 Å². The lowest BCUT2D eigenvalue weighted by atomic mass is 10.1. The third-order valence-corrected chi connectivity index (χ3v) is 6.74. The lowest BCUT2D eigenvalue weighted by Gasteiger charge is -2.26. The van der Waals surface area contributed by atoms with Gasteiger partial charge in [-0.05, 0) is 35.4 Å². The van der Waals surface area contributed by atoms with Crippen molar-refractivity contribution in [3.05, 3.63) is 71.6 Å². The fraction of sp³-hybridized carbons (Fsp3) is 0.531. The predicted molar refractivity (Wildman–Crippen MR) is 162 cm³/mol. The molecule has 2 aromatic carbocycles. The Morgan fingerprint density at radius 3 is 2.02 bits per heavy atom. The maximum atomic E-state index is 5.95. The topological polar surface area (TPSA) is 97.1 Å². The van der Waals surface area contributed by atoms with Crippen LogP contribution in [0.2, 0.25) is 0 Å². The van der Waals surface area contributed by atoms with Crippen LogP contribution in [0.25, 0.3) is 0 Å². The van der Waals surface area contributed by atoms with E-state index < -0.39 is 0 Å². The summed E-state index contributed by atoms with van der Waals surface area (Å²) < 4.78 is 44.7. The molecule has 0 unspecified atom stereocenters. The van der Waals surface area contributed by atoms with Crippen LogP contribution in [0.3, 0.4) is 0 Å². The SMILES string of the molecule is COCCOc1cccc(CN(Cc2cccc(OCCOC)c2)c2nc(COCCOCCN3CCOCC3)co2)c1. The highest BCUT2D eigenvalue weighted by Gasteiger charge is 2.16. The highest BCUT2D eigenvalue weighted by molar-refractivity contribution is 5.37. The summed E-state index contributed by atoms with van der Waals surface area (Å²) in [4.78, 5) is 9.18. The molecule has 3 aromatic rings. The van der Waals surface area contributed by atoms with E-state index in [1.54, 1.807) is 20.5 Å². The van der Waals surface area contributed by atoms with E-state index >= 15 is 0 Å². The summed E-state index contributed by atoms with van der Waals surface area (Å²) in [5, 5.41) is 0. The second-order valence-electron chi connectivity index (χ2n) is 10.1. The maximum Gasteiger partial charge on any atom is 0.298 e. The molecule has 1 fully saturated rings. The molecule has 0 atom stereocenters. The minimum Gasteiger partial charge on any atom is -0.491 e. The number of ether oxygens (including phenoxy) is 7. The van der Waals surface area contributed by atoms with Crippen molar-refractivity contribution in [3.63, 3.8) is 0 Å². The van der Waals surface area contributed by atoms with E-state index in [2.05, 4.69) is 21.9 Å². The van der Waals surface area contributed by atoms with Crippen molar-refractivity contribution in [3.8, 4) is 11.5 Å². The number of hydrogen-bond acceptors (Lipinski definition) is 11. The van der Waals surface area contributed by atoms with Gasteiger partial charge in [-0.25, -0.2) is 0 Å². The molecule has 0 spiro atoms. The zero-order chi connectivity index (χ0) is 30.0. The lowest BCUT2D eigenvalue weighted by Crippen LogP contribution is -2.38. The minimum absolute atomic E-state index is 0.343. The van der Waals surface area contributed by atoms with Gasteiger partial charge in [0.1, 0.15) is 36.7 Å². The molecule has 0 aliphatic carbocycles. The molecule has 1 aromatic heterocycles. The van der Waals surface area contributed by atoms with Crippen LogP contribution in [-0.2, 0) is 43.4 Å². The van der Waals surface area contributed by atoms with Gasteiger partial charge >= 0.3 is 0 Å². The second kappa shape index (κ2) is 19.2. The van der Waals surface area contributed by atoms with Gasteiger partial charge in [0.15, 0.2) is 0 Å². The van der Waals surface area contributed by atoms with Gasteiger partial charge in [0.2, 0.25) is 0 Å². The minimum atomic E-state index is 0.343. The smallest absolute Gasteiger partial charge is 0.298 e. The number of morpholine rings is 1. The molecular weight excluding hydrogens is 554 g/mol. The van der Waals surface area contributed by atoms with E-state index in [1.165, 1.54) is 0 Å². The monoisotopic (exact) mass is 599 g/mol. The highest BCUT2D eigenvalue weighted by atomic mass is 16.5. The van der Waals surface area contributed by atoms with Gasteiger partial charge in [0.05, 0.1) is 52.9 Å². The van der Waals surface area contributed by atoms with Crippen molar-refractivity contribution < 1.29 is 37.6 Å². The molecule has 2 heterocycles. The Balaban J connectivity index is 1.33. The summed E-state index contributed by atoms with van der Waals surface area (Å²) in [6.07, 6.45) is 1.65. The molecule has 0 radical (unpaired) electrons. The number of rotatable bonds is 21. The first-order valence-electron chi connectivity index (χ1n) is 14.8. The van der Waals surface area contributed by atoms with Gasteiger partial charge in [-0.15, -0.1) is 0 Å². The molecule has 0 amide bonds. The third kappa shape index (κ3) is 12.1. The Morgan fingerprint density at radius 1 is 0.767 bits per heavy atom. The second-order valence-corrected chi connectivity index (χ2v) is 10.1. The van der Waals surface area contributed by atoms with Gasteiger partial charge in [-0.1, -0.05) is 24.3 Å². The molecule has 11 heteroatoms. The fourth-order valence-corrected chi connectivity index (χ4v) is 4.51. The number of aromatic nitrogens is 1. The average Bonchev–Trinajstić information content (AvgIpc) is 3.51. The number of oxazole rings is 1. The first-order valence-corrected chi connectivity index (χ1v) is 14.8. The Labute approximate surface area is 254 Å². The predicted octanol–water partition coefficient (Wildman–Crippen LogP) is 3.80. The van der Waals surface area contributed by atoms with Gasteiger partial charge < -0.3 is 42.5 Å². The quantitative estimate of drug-likeness (QED) is 0.167. The summed E-state index contributed by atoms with van der Waals surface area (Å²) in [6, 6.07) is 16.5. The Bertz CT molecular complexity index is 1120.